The van der Waals surface area contributed by atoms with Crippen LogP contribution in [-0.2, 0) is 9.59 Å². The van der Waals surface area contributed by atoms with Gasteiger partial charge in [-0.05, 0) is 79.6 Å². The molecule has 0 aliphatic heterocycles. The van der Waals surface area contributed by atoms with E-state index in [1.54, 1.807) is 6.92 Å². The van der Waals surface area contributed by atoms with Crippen molar-refractivity contribution >= 4 is 11.7 Å². The number of nitrogens with one attached hydrogen (secondary N) is 1. The quantitative estimate of drug-likeness (QED) is 0.789. The molecule has 0 saturated heterocycles. The number of carbonyl (C=O) groups is 2. The Morgan fingerprint density at radius 1 is 1.08 bits per heavy atom. The van der Waals surface area contributed by atoms with Gasteiger partial charge in [-0.2, -0.15) is 0 Å². The van der Waals surface area contributed by atoms with Gasteiger partial charge in [0.1, 0.15) is 0 Å². The molecule has 3 saturated carbocycles. The second kappa shape index (κ2) is 5.44. The summed E-state index contributed by atoms with van der Waals surface area (Å²) < 4.78 is 0. The molecule has 3 heteroatoms. The molecule has 0 heterocycles. The summed E-state index contributed by atoms with van der Waals surface area (Å²) >= 11 is 0. The van der Waals surface area contributed by atoms with Gasteiger partial charge in [-0.15, -0.1) is 0 Å². The molecule has 132 valence electrons. The van der Waals surface area contributed by atoms with Crippen LogP contribution in [0, 0.1) is 28.6 Å². The van der Waals surface area contributed by atoms with Crippen LogP contribution in [-0.4, -0.2) is 17.7 Å². The predicted octanol–water partition coefficient (Wildman–Crippen LogP) is 4.02. The summed E-state index contributed by atoms with van der Waals surface area (Å²) in [6.07, 6.45) is 11.0. The summed E-state index contributed by atoms with van der Waals surface area (Å²) in [6, 6.07) is 0.360. The van der Waals surface area contributed by atoms with Crippen molar-refractivity contribution in [3.05, 3.63) is 11.6 Å². The normalized spacial score (nSPS) is 47.3. The highest BCUT2D eigenvalue weighted by atomic mass is 16.1. The van der Waals surface area contributed by atoms with Crippen molar-refractivity contribution in [2.24, 2.45) is 28.6 Å². The van der Waals surface area contributed by atoms with Crippen molar-refractivity contribution in [3.8, 4) is 0 Å². The largest absolute Gasteiger partial charge is 0.353 e. The Labute approximate surface area is 145 Å². The van der Waals surface area contributed by atoms with Gasteiger partial charge in [-0.1, -0.05) is 19.4 Å². The first-order valence-corrected chi connectivity index (χ1v) is 9.85. The smallest absolute Gasteiger partial charge is 0.217 e. The van der Waals surface area contributed by atoms with E-state index in [1.807, 2.05) is 6.08 Å². The molecular weight excluding hydrogens is 298 g/mol. The van der Waals surface area contributed by atoms with E-state index in [2.05, 4.69) is 19.2 Å². The summed E-state index contributed by atoms with van der Waals surface area (Å²) in [4.78, 5) is 23.5. The first-order valence-electron chi connectivity index (χ1n) is 9.85. The fourth-order valence-corrected chi connectivity index (χ4v) is 7.04. The van der Waals surface area contributed by atoms with E-state index >= 15 is 0 Å². The minimum absolute atomic E-state index is 0.121. The van der Waals surface area contributed by atoms with Crippen molar-refractivity contribution in [1.82, 2.24) is 5.32 Å². The van der Waals surface area contributed by atoms with Gasteiger partial charge in [-0.25, -0.2) is 0 Å². The topological polar surface area (TPSA) is 46.2 Å². The van der Waals surface area contributed by atoms with Crippen LogP contribution in [0.1, 0.15) is 72.1 Å². The highest BCUT2D eigenvalue weighted by Crippen LogP contribution is 2.65. The average molecular weight is 329 g/mol. The zero-order chi connectivity index (χ0) is 17.1. The lowest BCUT2D eigenvalue weighted by Crippen LogP contribution is -2.53. The Morgan fingerprint density at radius 3 is 2.62 bits per heavy atom. The fourth-order valence-electron chi connectivity index (χ4n) is 7.04. The Bertz CT molecular complexity index is 609. The van der Waals surface area contributed by atoms with E-state index in [-0.39, 0.29) is 16.7 Å². The molecule has 3 nitrogen and oxygen atoms in total. The molecule has 0 aromatic heterocycles. The molecule has 0 radical (unpaired) electrons. The molecule has 3 fully saturated rings. The van der Waals surface area contributed by atoms with Crippen molar-refractivity contribution in [2.75, 3.05) is 0 Å². The third kappa shape index (κ3) is 2.23. The molecule has 4 rings (SSSR count). The maximum Gasteiger partial charge on any atom is 0.217 e. The highest BCUT2D eigenvalue weighted by Gasteiger charge is 2.59. The van der Waals surface area contributed by atoms with Crippen LogP contribution in [0.3, 0.4) is 0 Å². The van der Waals surface area contributed by atoms with E-state index < -0.39 is 0 Å². The monoisotopic (exact) mass is 329 g/mol. The van der Waals surface area contributed by atoms with Crippen LogP contribution in [0.2, 0.25) is 0 Å². The Morgan fingerprint density at radius 2 is 1.88 bits per heavy atom. The van der Waals surface area contributed by atoms with E-state index in [4.69, 9.17) is 0 Å². The molecule has 4 aliphatic carbocycles. The van der Waals surface area contributed by atoms with Crippen LogP contribution in [0.15, 0.2) is 11.6 Å². The first kappa shape index (κ1) is 16.4. The maximum atomic E-state index is 11.9. The second-order valence-electron chi connectivity index (χ2n) is 9.34. The molecule has 0 aromatic carbocycles. The SMILES string of the molecule is CC(=O)N[C@@H]1CC[C@H]2[C@@H]3CCC4=CC(=O)CC[C@]4(C)[C@H]3CC[C@]12C. The van der Waals surface area contributed by atoms with Gasteiger partial charge in [0.25, 0.3) is 0 Å². The second-order valence-corrected chi connectivity index (χ2v) is 9.34. The van der Waals surface area contributed by atoms with Crippen molar-refractivity contribution in [1.29, 1.82) is 0 Å². The lowest BCUT2D eigenvalue weighted by molar-refractivity contribution is -0.121. The van der Waals surface area contributed by atoms with Crippen LogP contribution < -0.4 is 5.32 Å². The summed E-state index contributed by atoms with van der Waals surface area (Å²) in [5, 5.41) is 3.25. The van der Waals surface area contributed by atoms with Crippen LogP contribution in [0.25, 0.3) is 0 Å². The van der Waals surface area contributed by atoms with Crippen molar-refractivity contribution in [2.45, 2.75) is 78.2 Å². The lowest BCUT2D eigenvalue weighted by atomic mass is 9.47. The molecule has 4 aliphatic rings. The van der Waals surface area contributed by atoms with E-state index in [0.29, 0.717) is 11.8 Å². The zero-order valence-corrected chi connectivity index (χ0v) is 15.4. The third-order valence-electron chi connectivity index (χ3n) is 8.34. The summed E-state index contributed by atoms with van der Waals surface area (Å²) in [6.45, 7) is 6.52. The number of allylic oxidation sites excluding steroid dienone is 1. The summed E-state index contributed by atoms with van der Waals surface area (Å²) in [5.74, 6) is 2.71. The van der Waals surface area contributed by atoms with Gasteiger partial charge in [-0.3, -0.25) is 9.59 Å². The number of amides is 1. The minimum atomic E-state index is 0.121. The highest BCUT2D eigenvalue weighted by molar-refractivity contribution is 5.91. The number of ketones is 1. The van der Waals surface area contributed by atoms with Gasteiger partial charge in [0.05, 0.1) is 0 Å². The van der Waals surface area contributed by atoms with Gasteiger partial charge < -0.3 is 5.32 Å². The van der Waals surface area contributed by atoms with Crippen LogP contribution in [0.5, 0.6) is 0 Å². The van der Waals surface area contributed by atoms with Gasteiger partial charge in [0, 0.05) is 19.4 Å². The molecule has 0 bridgehead atoms. The predicted molar refractivity (Wildman–Crippen MR) is 94.3 cm³/mol. The number of rotatable bonds is 1. The number of hydrogen-bond donors (Lipinski definition) is 1. The minimum Gasteiger partial charge on any atom is -0.353 e. The average Bonchev–Trinajstić information content (AvgIpc) is 2.84. The lowest BCUT2D eigenvalue weighted by Gasteiger charge is -2.58. The summed E-state index contributed by atoms with van der Waals surface area (Å²) in [7, 11) is 0. The Hall–Kier alpha value is -1.12. The first-order chi connectivity index (χ1) is 11.3. The molecule has 1 N–H and O–H groups in total. The third-order valence-corrected chi connectivity index (χ3v) is 8.34. The van der Waals surface area contributed by atoms with Crippen molar-refractivity contribution < 1.29 is 9.59 Å². The molecular formula is C21H31NO2. The Balaban J connectivity index is 1.62. The maximum absolute atomic E-state index is 11.9. The molecule has 0 spiro atoms. The van der Waals surface area contributed by atoms with Crippen LogP contribution >= 0.6 is 0 Å². The van der Waals surface area contributed by atoms with E-state index in [0.717, 1.165) is 43.4 Å². The molecule has 24 heavy (non-hydrogen) atoms. The Kier molecular flexibility index (Phi) is 3.71. The number of carbonyl (C=O) groups excluding carboxylic acids is 2. The van der Waals surface area contributed by atoms with Gasteiger partial charge in [0.15, 0.2) is 5.78 Å². The molecule has 0 aromatic rings. The van der Waals surface area contributed by atoms with Gasteiger partial charge in [0.2, 0.25) is 5.91 Å². The molecule has 0 unspecified atom stereocenters. The summed E-state index contributed by atoms with van der Waals surface area (Å²) in [5.41, 5.74) is 1.97. The van der Waals surface area contributed by atoms with E-state index in [1.165, 1.54) is 31.3 Å². The van der Waals surface area contributed by atoms with Crippen LogP contribution in [0.4, 0.5) is 0 Å². The standard InChI is InChI=1S/C21H31NO2/c1-13(23)22-19-7-6-17-16-5-4-14-12-15(24)8-10-20(14,2)18(16)9-11-21(17,19)3/h12,16-19H,4-11H2,1-3H3,(H,22,23)/t16-,17-,18-,19+,20-,21-/m0/s1. The zero-order valence-electron chi connectivity index (χ0n) is 15.4. The number of fused-ring (bicyclic) bond motifs is 5. The van der Waals surface area contributed by atoms with E-state index in [9.17, 15) is 9.59 Å². The molecule has 6 atom stereocenters. The molecule has 1 amide bonds. The fraction of sp³-hybridized carbons (Fsp3) is 0.810. The van der Waals surface area contributed by atoms with Crippen molar-refractivity contribution in [3.63, 3.8) is 0 Å². The van der Waals surface area contributed by atoms with Gasteiger partial charge >= 0.3 is 0 Å². The number of hydrogen-bond acceptors (Lipinski definition) is 2.